The summed E-state index contributed by atoms with van der Waals surface area (Å²) in [5.41, 5.74) is 23.9. The summed E-state index contributed by atoms with van der Waals surface area (Å²) in [4.78, 5) is 7.35. The average Bonchev–Trinajstić information content (AvgIpc) is 1.57. The van der Waals surface area contributed by atoms with Gasteiger partial charge in [-0.1, -0.05) is 356 Å². The molecule has 810 valence electrons. The van der Waals surface area contributed by atoms with Crippen LogP contribution in [0.5, 0.6) is 0 Å². The van der Waals surface area contributed by atoms with Gasteiger partial charge in [-0.2, -0.15) is 13.7 Å². The van der Waals surface area contributed by atoms with Gasteiger partial charge in [-0.3, -0.25) is 0 Å². The molecule has 10 aromatic carbocycles. The molecule has 11 aliphatic rings. The Kier molecular flexibility index (Phi) is 55.8. The summed E-state index contributed by atoms with van der Waals surface area (Å²) in [6, 6.07) is 77.4. The summed E-state index contributed by atoms with van der Waals surface area (Å²) in [7, 11) is 1.90. The van der Waals surface area contributed by atoms with Crippen LogP contribution in [-0.4, -0.2) is 96.9 Å². The van der Waals surface area contributed by atoms with Gasteiger partial charge in [-0.15, -0.1) is 0 Å². The maximum Gasteiger partial charge on any atom is 2.00 e. The second kappa shape index (κ2) is 65.3. The van der Waals surface area contributed by atoms with Crippen LogP contribution < -0.4 is 14.7 Å². The molecule has 7 nitrogen and oxygen atoms in total. The van der Waals surface area contributed by atoms with Crippen LogP contribution in [0.25, 0.3) is 50.5 Å². The number of methoxy groups -OCH3 is 1. The van der Waals surface area contributed by atoms with Gasteiger partial charge in [-0.25, -0.2) is 0 Å². The van der Waals surface area contributed by atoms with Crippen LogP contribution in [0.2, 0.25) is 0 Å². The van der Waals surface area contributed by atoms with Crippen LogP contribution in [0.4, 0.5) is 34.1 Å². The van der Waals surface area contributed by atoms with E-state index >= 15 is 0 Å². The number of nitrogens with zero attached hydrogens (tertiary/aromatic N) is 6. The van der Waals surface area contributed by atoms with Crippen molar-refractivity contribution in [3.05, 3.63) is 350 Å². The zero-order valence-electron chi connectivity index (χ0n) is 95.7. The van der Waals surface area contributed by atoms with Crippen molar-refractivity contribution in [3.8, 4) is 0 Å². The second-order valence-corrected chi connectivity index (χ2v) is 43.6. The van der Waals surface area contributed by atoms with E-state index in [1.807, 2.05) is 7.11 Å². The predicted octanol–water partition coefficient (Wildman–Crippen LogP) is 38.6. The number of benzene rings is 10. The quantitative estimate of drug-likeness (QED) is 0.0135. The van der Waals surface area contributed by atoms with Crippen molar-refractivity contribution in [1.82, 2.24) is 0 Å². The number of piperidine rings is 1. The van der Waals surface area contributed by atoms with Gasteiger partial charge >= 0.3 is 51.2 Å². The topological polar surface area (TPSA) is 28.0 Å². The van der Waals surface area contributed by atoms with Crippen molar-refractivity contribution in [1.29, 1.82) is 0 Å². The summed E-state index contributed by atoms with van der Waals surface area (Å²) in [5, 5.41) is 8.06. The van der Waals surface area contributed by atoms with Crippen LogP contribution in [-0.2, 0) is 78.8 Å². The van der Waals surface area contributed by atoms with E-state index in [4.69, 9.17) is 4.74 Å². The molecular formula is C140H193Fe3N6O+3. The van der Waals surface area contributed by atoms with Gasteiger partial charge in [0.15, 0.2) is 17.0 Å². The van der Waals surface area contributed by atoms with Crippen LogP contribution in [0.1, 0.15) is 350 Å². The number of hydrogen-bond acceptors (Lipinski definition) is 4. The van der Waals surface area contributed by atoms with E-state index in [-0.39, 0.29) is 107 Å². The molecule has 0 amide bonds. The summed E-state index contributed by atoms with van der Waals surface area (Å²) in [6.45, 7) is 28.0. The van der Waals surface area contributed by atoms with E-state index < -0.39 is 5.60 Å². The van der Waals surface area contributed by atoms with Crippen molar-refractivity contribution in [2.45, 2.75) is 335 Å². The number of rotatable bonds is 33. The Balaban J connectivity index is 0.000000275. The number of ether oxygens (including phenoxy) is 1. The fourth-order valence-electron chi connectivity index (χ4n) is 26.0. The van der Waals surface area contributed by atoms with Crippen LogP contribution in [0.3, 0.4) is 0 Å². The number of hydrogen-bond donors (Lipinski definition) is 0. The van der Waals surface area contributed by atoms with E-state index in [1.54, 1.807) is 0 Å². The number of fused-ring (bicyclic) bond motifs is 9. The minimum atomic E-state index is -0.529. The van der Waals surface area contributed by atoms with Crippen molar-refractivity contribution in [2.75, 3.05) is 80.7 Å². The van der Waals surface area contributed by atoms with Crippen molar-refractivity contribution in [3.63, 3.8) is 0 Å². The van der Waals surface area contributed by atoms with Crippen LogP contribution in [0, 0.1) is 69.2 Å². The van der Waals surface area contributed by atoms with E-state index in [0.717, 1.165) is 89.3 Å². The zero-order chi connectivity index (χ0) is 97.4. The molecule has 3 unspecified atom stereocenters. The van der Waals surface area contributed by atoms with Crippen molar-refractivity contribution in [2.24, 2.45) is 17.8 Å². The van der Waals surface area contributed by atoms with E-state index in [9.17, 15) is 0 Å². The molecular weight excluding hydrogens is 1950 g/mol. The van der Waals surface area contributed by atoms with Gasteiger partial charge < -0.3 is 64.0 Å². The molecule has 4 heterocycles. The zero-order valence-corrected chi connectivity index (χ0v) is 99.0. The number of allylic oxidation sites excluding steroid dienone is 7. The molecule has 0 bridgehead atoms. The Labute approximate surface area is 947 Å². The summed E-state index contributed by atoms with van der Waals surface area (Å²) in [6.07, 6.45) is 82.3. The van der Waals surface area contributed by atoms with E-state index in [2.05, 4.69) is 357 Å². The third-order valence-electron chi connectivity index (χ3n) is 34.1. The summed E-state index contributed by atoms with van der Waals surface area (Å²) < 4.78 is 14.6. The Hall–Kier alpha value is -8.65. The molecule has 0 N–H and O–H groups in total. The van der Waals surface area contributed by atoms with Gasteiger partial charge in [-0.05, 0) is 257 Å². The number of aryl methyl sites for hydroxylation is 1. The molecule has 150 heavy (non-hydrogen) atoms. The normalized spacial score (nSPS) is 19.4. The van der Waals surface area contributed by atoms with Gasteiger partial charge in [0, 0.05) is 137 Å². The molecule has 7 fully saturated rings. The molecule has 3 atom stereocenters. The third-order valence-corrected chi connectivity index (χ3v) is 34.1. The maximum atomic E-state index is 6.66. The fourth-order valence-corrected chi connectivity index (χ4v) is 26.0. The predicted molar refractivity (Wildman–Crippen MR) is 651 cm³/mol. The Morgan fingerprint density at radius 1 is 0.367 bits per heavy atom. The minimum absolute atomic E-state index is 0. The molecule has 6 saturated carbocycles. The molecule has 0 radical (unpaired) electrons. The third kappa shape index (κ3) is 32.3. The maximum absolute atomic E-state index is 6.66. The standard InChI is InChI=1S/C40H47N2.C40H49N2.C39H49N2O.3C5H10.6CH3.3Fe/c1-5-41(6-2)35-23-19-32(20-24-35)21-26-38-40(4,29-34-17-10-7-13-30(34)3)39-36-18-12-11-16-33(36)22-25-37(39)42(38)28-27-31-14-8-9-15-31;1-4-41(5-2)35-25-21-32(22-26-35)23-28-38-40(3,30-33-17-8-9-18-33)39-36-20-11-10-19-34(36)24-27-37(39)42(38)29-13-12-16-31-14-6-7-15-31;1-3-4-27-39(42-2)37(26-21-32-19-23-34(24-20-32)40-28-11-5-12-29-40)41(30-13-10-16-31-14-6-7-15-31)36-25-22-33-17-8-9-18-35(33)38(36)39;3*1-2-4-5-3-1;;;;;;;;;/h7,10-13,16-26,31H,5-6,8-9,14-15,27-29H2,1-4H3;8-11,17,19-28,31H,4-7,12-16,18,29-30H2,1-3H3;3-4,8-9,17-26,31H,5-7,10-16,27-30H2,1-2H3;3*1-5H2;6*1H3;;;/q3*+1;;;;6*-1;3*+2/b;;4-3+;;;;;;;;;;;;. The van der Waals surface area contributed by atoms with Gasteiger partial charge in [0.25, 0.3) is 0 Å². The Morgan fingerprint density at radius 3 is 1.11 bits per heavy atom. The van der Waals surface area contributed by atoms with Crippen molar-refractivity contribution < 1.29 is 69.7 Å². The Bertz CT molecular complexity index is 5920. The SMILES string of the molecule is C/C=C/CC1(OC)C(/C=C/c2ccc(N3CCCCC3)cc2)=[N+](CCCCC2CCCC2)c2ccc3ccccc3c21.C1CCCC1.C1CCCC1.C1CCCC1.CCN(CC)c1ccc(/C=C/C2=[N+](CCC3CCCC3)c3ccc4ccccc4c3C2(C)Cc2ccccc2C)cc1.CCN(CC)c1ccc(/C=C/C2=[N+](CCCCC3CCCC3)c3ccc4ccccc4c3C2(C)CC2=CC=CC2)cc1.[CH3-].[CH3-].[CH3-].[CH3-].[CH3-].[CH3-].[Fe+2].[Fe+2].[Fe+2]. The first-order valence-electron chi connectivity index (χ1n) is 57.0. The Morgan fingerprint density at radius 2 is 0.720 bits per heavy atom. The molecule has 0 spiro atoms. The molecule has 0 aromatic heterocycles. The largest absolute Gasteiger partial charge is 2.00 e. The van der Waals surface area contributed by atoms with E-state index in [0.29, 0.717) is 0 Å². The first kappa shape index (κ1) is 128. The smallest absolute Gasteiger partial charge is 0.372 e. The molecule has 1 saturated heterocycles. The van der Waals surface area contributed by atoms with Gasteiger partial charge in [0.2, 0.25) is 22.8 Å². The first-order chi connectivity index (χ1) is 69.3. The van der Waals surface area contributed by atoms with Crippen molar-refractivity contribution >= 4 is 102 Å². The molecule has 4 aliphatic heterocycles. The van der Waals surface area contributed by atoms with E-state index in [1.165, 1.54) is 384 Å². The molecule has 10 aromatic rings. The second-order valence-electron chi connectivity index (χ2n) is 43.6. The fraction of sp³-hybridized carbons (Fsp3) is 0.464. The first-order valence-corrected chi connectivity index (χ1v) is 57.0. The number of anilines is 3. The van der Waals surface area contributed by atoms with Crippen LogP contribution in [0.15, 0.2) is 260 Å². The summed E-state index contributed by atoms with van der Waals surface area (Å²) >= 11 is 0. The van der Waals surface area contributed by atoms with Crippen LogP contribution >= 0.6 is 0 Å². The number of unbranched alkanes of at least 4 members (excludes halogenated alkanes) is 2. The molecule has 10 heteroatoms. The van der Waals surface area contributed by atoms with Gasteiger partial charge in [0.1, 0.15) is 19.6 Å². The summed E-state index contributed by atoms with van der Waals surface area (Å²) in [5.74, 6) is 2.77. The average molecular weight is 2140 g/mol. The van der Waals surface area contributed by atoms with Gasteiger partial charge in [0.05, 0.1) is 16.4 Å². The molecule has 7 aliphatic carbocycles. The monoisotopic (exact) mass is 2140 g/mol. The molecule has 21 rings (SSSR count). The minimum Gasteiger partial charge on any atom is -0.372 e.